The van der Waals surface area contributed by atoms with Gasteiger partial charge >= 0.3 is 0 Å². The smallest absolute Gasteiger partial charge is 0.105 e. The average Bonchev–Trinajstić information content (AvgIpc) is 2.48. The fourth-order valence-electron chi connectivity index (χ4n) is 1.52. The summed E-state index contributed by atoms with van der Waals surface area (Å²) in [6.07, 6.45) is 3.93. The Morgan fingerprint density at radius 3 is 3.07 bits per heavy atom. The van der Waals surface area contributed by atoms with E-state index in [2.05, 4.69) is 39.8 Å². The third-order valence-corrected chi connectivity index (χ3v) is 3.80. The predicted molar refractivity (Wildman–Crippen MR) is 60.6 cm³/mol. The number of nitrogens with zero attached hydrogens (tertiary/aromatic N) is 2. The highest BCUT2D eigenvalue weighted by Gasteiger charge is 2.15. The first kappa shape index (κ1) is 10.1. The van der Waals surface area contributed by atoms with Gasteiger partial charge in [0.1, 0.15) is 5.82 Å². The third kappa shape index (κ3) is 2.51. The number of nitrogens with one attached hydrogen (secondary N) is 1. The highest BCUT2D eigenvalue weighted by Crippen LogP contribution is 2.12. The molecule has 0 saturated carbocycles. The van der Waals surface area contributed by atoms with Crippen LogP contribution < -0.4 is 5.32 Å². The van der Waals surface area contributed by atoms with Gasteiger partial charge in [-0.3, -0.25) is 0 Å². The summed E-state index contributed by atoms with van der Waals surface area (Å²) in [5.41, 5.74) is 0. The molecule has 0 radical (unpaired) electrons. The maximum atomic E-state index is 4.20. The number of rotatable bonds is 5. The molecule has 1 aliphatic rings. The van der Waals surface area contributed by atoms with E-state index in [4.69, 9.17) is 0 Å². The molecule has 0 unspecified atom stereocenters. The molecule has 78 valence electrons. The van der Waals surface area contributed by atoms with Crippen molar-refractivity contribution in [2.75, 3.05) is 24.6 Å². The van der Waals surface area contributed by atoms with Gasteiger partial charge in [-0.05, 0) is 31.7 Å². The number of thioether (sulfide) groups is 1. The van der Waals surface area contributed by atoms with Crippen LogP contribution in [-0.2, 0) is 6.54 Å². The molecule has 0 aliphatic carbocycles. The van der Waals surface area contributed by atoms with Crippen LogP contribution in [0.15, 0.2) is 12.4 Å². The van der Waals surface area contributed by atoms with Gasteiger partial charge in [0.05, 0.1) is 0 Å². The van der Waals surface area contributed by atoms with E-state index in [0.717, 1.165) is 18.3 Å². The van der Waals surface area contributed by atoms with Gasteiger partial charge in [0.2, 0.25) is 0 Å². The van der Waals surface area contributed by atoms with Crippen LogP contribution in [0.2, 0.25) is 0 Å². The Balaban J connectivity index is 1.60. The summed E-state index contributed by atoms with van der Waals surface area (Å²) >= 11 is 2.06. The highest BCUT2D eigenvalue weighted by atomic mass is 32.2. The molecule has 0 spiro atoms. The summed E-state index contributed by atoms with van der Waals surface area (Å²) < 4.78 is 2.21. The largest absolute Gasteiger partial charge is 0.334 e. The summed E-state index contributed by atoms with van der Waals surface area (Å²) in [4.78, 5) is 4.20. The molecule has 1 fully saturated rings. The molecular weight excluding hydrogens is 194 g/mol. The highest BCUT2D eigenvalue weighted by molar-refractivity contribution is 7.99. The van der Waals surface area contributed by atoms with Crippen molar-refractivity contribution in [2.45, 2.75) is 13.5 Å². The topological polar surface area (TPSA) is 29.9 Å². The number of hydrogen-bond donors (Lipinski definition) is 1. The summed E-state index contributed by atoms with van der Waals surface area (Å²) in [6.45, 7) is 5.59. The Morgan fingerprint density at radius 2 is 2.50 bits per heavy atom. The minimum Gasteiger partial charge on any atom is -0.334 e. The number of imidazole rings is 1. The van der Waals surface area contributed by atoms with E-state index >= 15 is 0 Å². The zero-order chi connectivity index (χ0) is 9.80. The van der Waals surface area contributed by atoms with Crippen LogP contribution in [0.4, 0.5) is 0 Å². The van der Waals surface area contributed by atoms with E-state index in [9.17, 15) is 0 Å². The first-order chi connectivity index (χ1) is 6.86. The Morgan fingerprint density at radius 1 is 1.64 bits per heavy atom. The Kier molecular flexibility index (Phi) is 3.48. The van der Waals surface area contributed by atoms with Crippen LogP contribution in [0.1, 0.15) is 5.82 Å². The first-order valence-electron chi connectivity index (χ1n) is 5.12. The summed E-state index contributed by atoms with van der Waals surface area (Å²) in [5.74, 6) is 4.55. The molecule has 3 nitrogen and oxygen atoms in total. The van der Waals surface area contributed by atoms with Crippen LogP contribution in [0, 0.1) is 12.8 Å². The monoisotopic (exact) mass is 211 g/mol. The molecule has 1 aromatic heterocycles. The molecule has 2 rings (SSSR count). The molecule has 0 atom stereocenters. The van der Waals surface area contributed by atoms with Gasteiger partial charge in [0.25, 0.3) is 0 Å². The third-order valence-electron chi connectivity index (χ3n) is 2.62. The van der Waals surface area contributed by atoms with Crippen molar-refractivity contribution >= 4 is 11.8 Å². The zero-order valence-electron chi connectivity index (χ0n) is 8.57. The first-order valence-corrected chi connectivity index (χ1v) is 6.28. The lowest BCUT2D eigenvalue weighted by atomic mass is 10.1. The molecular formula is C10H17N3S. The molecule has 1 aromatic rings. The molecule has 2 heterocycles. The molecule has 1 saturated heterocycles. The maximum absolute atomic E-state index is 4.20. The summed E-state index contributed by atoms with van der Waals surface area (Å²) in [6, 6.07) is 0. The van der Waals surface area contributed by atoms with Crippen molar-refractivity contribution in [3.8, 4) is 0 Å². The number of aromatic nitrogens is 2. The lowest BCUT2D eigenvalue weighted by Crippen LogP contribution is -2.43. The lowest BCUT2D eigenvalue weighted by molar-refractivity contribution is 0.385. The predicted octanol–water partition coefficient (Wildman–Crippen LogP) is 1.14. The molecule has 4 heteroatoms. The van der Waals surface area contributed by atoms with E-state index in [1.54, 1.807) is 0 Å². The maximum Gasteiger partial charge on any atom is 0.105 e. The van der Waals surface area contributed by atoms with Gasteiger partial charge < -0.3 is 9.88 Å². The van der Waals surface area contributed by atoms with Crippen LogP contribution >= 0.6 is 11.8 Å². The fourth-order valence-corrected chi connectivity index (χ4v) is 2.58. The summed E-state index contributed by atoms with van der Waals surface area (Å²) in [7, 11) is 0. The van der Waals surface area contributed by atoms with Crippen LogP contribution in [-0.4, -0.2) is 34.1 Å². The van der Waals surface area contributed by atoms with Crippen molar-refractivity contribution in [3.63, 3.8) is 0 Å². The van der Waals surface area contributed by atoms with Crippen LogP contribution in [0.5, 0.6) is 0 Å². The van der Waals surface area contributed by atoms with Gasteiger partial charge in [-0.1, -0.05) is 0 Å². The van der Waals surface area contributed by atoms with E-state index in [1.165, 1.54) is 24.6 Å². The van der Waals surface area contributed by atoms with Gasteiger partial charge in [0, 0.05) is 24.7 Å². The van der Waals surface area contributed by atoms with Gasteiger partial charge in [0.15, 0.2) is 0 Å². The average molecular weight is 211 g/mol. The molecule has 1 N–H and O–H groups in total. The molecule has 0 bridgehead atoms. The van der Waals surface area contributed by atoms with Crippen molar-refractivity contribution < 1.29 is 0 Å². The van der Waals surface area contributed by atoms with Crippen LogP contribution in [0.25, 0.3) is 0 Å². The second-order valence-electron chi connectivity index (χ2n) is 3.77. The molecule has 1 aliphatic heterocycles. The Hall–Kier alpha value is -0.480. The van der Waals surface area contributed by atoms with E-state index in [-0.39, 0.29) is 0 Å². The Bertz CT molecular complexity index is 281. The SMILES string of the molecule is Cc1nccn1CCSCC1CNC1. The van der Waals surface area contributed by atoms with Crippen LogP contribution in [0.3, 0.4) is 0 Å². The quantitative estimate of drug-likeness (QED) is 0.741. The lowest BCUT2D eigenvalue weighted by Gasteiger charge is -2.26. The van der Waals surface area contributed by atoms with E-state index in [1.807, 2.05) is 6.20 Å². The van der Waals surface area contributed by atoms with Crippen molar-refractivity contribution in [2.24, 2.45) is 5.92 Å². The minimum absolute atomic E-state index is 0.920. The van der Waals surface area contributed by atoms with Crippen molar-refractivity contribution in [1.82, 2.24) is 14.9 Å². The van der Waals surface area contributed by atoms with Gasteiger partial charge in [-0.25, -0.2) is 4.98 Å². The summed E-state index contributed by atoms with van der Waals surface area (Å²) in [5, 5.41) is 3.30. The van der Waals surface area contributed by atoms with E-state index in [0.29, 0.717) is 0 Å². The molecule has 0 amide bonds. The Labute approximate surface area is 89.3 Å². The number of aryl methyl sites for hydroxylation is 2. The van der Waals surface area contributed by atoms with Crippen molar-refractivity contribution in [1.29, 1.82) is 0 Å². The second kappa shape index (κ2) is 4.84. The molecule has 14 heavy (non-hydrogen) atoms. The second-order valence-corrected chi connectivity index (χ2v) is 4.92. The van der Waals surface area contributed by atoms with Gasteiger partial charge in [-0.15, -0.1) is 0 Å². The fraction of sp³-hybridized carbons (Fsp3) is 0.700. The zero-order valence-corrected chi connectivity index (χ0v) is 9.39. The molecule has 0 aromatic carbocycles. The standard InChI is InChI=1S/C10H17N3S/c1-9-12-2-3-13(9)4-5-14-8-10-6-11-7-10/h2-3,10-11H,4-8H2,1H3. The minimum atomic E-state index is 0.920. The van der Waals surface area contributed by atoms with E-state index < -0.39 is 0 Å². The van der Waals surface area contributed by atoms with Crippen molar-refractivity contribution in [3.05, 3.63) is 18.2 Å². The number of hydrogen-bond acceptors (Lipinski definition) is 3. The normalized spacial score (nSPS) is 16.9. The van der Waals surface area contributed by atoms with Gasteiger partial charge in [-0.2, -0.15) is 11.8 Å².